The molecule has 0 atom stereocenters. The molecule has 3 aromatic rings. The zero-order chi connectivity index (χ0) is 14.7. The van der Waals surface area contributed by atoms with Crippen LogP contribution in [0, 0.1) is 0 Å². The topological polar surface area (TPSA) is 75.6 Å². The first-order valence-electron chi connectivity index (χ1n) is 6.31. The normalized spacial score (nSPS) is 10.5. The predicted octanol–water partition coefficient (Wildman–Crippen LogP) is 2.22. The number of nitrogens with zero attached hydrogens (tertiary/aromatic N) is 3. The van der Waals surface area contributed by atoms with Crippen LogP contribution in [0.1, 0.15) is 5.69 Å². The highest BCUT2D eigenvalue weighted by Crippen LogP contribution is 2.15. The van der Waals surface area contributed by atoms with Gasteiger partial charge >= 0.3 is 0 Å². The van der Waals surface area contributed by atoms with Crippen LogP contribution in [0.25, 0.3) is 5.69 Å². The third kappa shape index (κ3) is 2.95. The van der Waals surface area contributed by atoms with Crippen molar-refractivity contribution in [2.24, 2.45) is 0 Å². The minimum Gasteiger partial charge on any atom is -0.377 e. The van der Waals surface area contributed by atoms with Crippen molar-refractivity contribution in [3.05, 3.63) is 69.9 Å². The number of H-pyrrole nitrogens is 1. The van der Waals surface area contributed by atoms with Gasteiger partial charge < -0.3 is 5.32 Å². The van der Waals surface area contributed by atoms with Gasteiger partial charge in [0.2, 0.25) is 0 Å². The number of nitrogens with one attached hydrogen (secondary N) is 2. The van der Waals surface area contributed by atoms with E-state index in [1.807, 2.05) is 42.6 Å². The molecule has 0 saturated carbocycles. The van der Waals surface area contributed by atoms with E-state index >= 15 is 0 Å². The second kappa shape index (κ2) is 5.80. The molecule has 3 rings (SSSR count). The molecular formula is C14H12ClN5O. The highest BCUT2D eigenvalue weighted by molar-refractivity contribution is 6.32. The Morgan fingerprint density at radius 3 is 2.86 bits per heavy atom. The monoisotopic (exact) mass is 301 g/mol. The van der Waals surface area contributed by atoms with Gasteiger partial charge in [-0.2, -0.15) is 10.2 Å². The summed E-state index contributed by atoms with van der Waals surface area (Å²) in [5, 5.41) is 13.6. The van der Waals surface area contributed by atoms with Crippen LogP contribution in [0.15, 0.2) is 53.6 Å². The van der Waals surface area contributed by atoms with Crippen molar-refractivity contribution in [2.75, 3.05) is 5.32 Å². The van der Waals surface area contributed by atoms with Crippen LogP contribution in [0.5, 0.6) is 0 Å². The fraction of sp³-hybridized carbons (Fsp3) is 0.0714. The Morgan fingerprint density at radius 2 is 2.05 bits per heavy atom. The molecule has 0 amide bonds. The molecule has 0 unspecified atom stereocenters. The van der Waals surface area contributed by atoms with Crippen molar-refractivity contribution < 1.29 is 0 Å². The Hall–Kier alpha value is -2.60. The summed E-state index contributed by atoms with van der Waals surface area (Å²) >= 11 is 5.89. The Bertz CT molecular complexity index is 796. The number of hydrogen-bond acceptors (Lipinski definition) is 4. The van der Waals surface area contributed by atoms with Crippen LogP contribution < -0.4 is 10.9 Å². The second-order valence-corrected chi connectivity index (χ2v) is 4.75. The first-order valence-corrected chi connectivity index (χ1v) is 6.69. The molecule has 7 heteroatoms. The van der Waals surface area contributed by atoms with Crippen LogP contribution in [-0.4, -0.2) is 20.0 Å². The molecule has 2 N–H and O–H groups in total. The quantitative estimate of drug-likeness (QED) is 0.775. The van der Waals surface area contributed by atoms with Gasteiger partial charge in [-0.1, -0.05) is 29.8 Å². The summed E-state index contributed by atoms with van der Waals surface area (Å²) in [6.45, 7) is 0.449. The molecule has 6 nitrogen and oxygen atoms in total. The van der Waals surface area contributed by atoms with Crippen LogP contribution in [0.2, 0.25) is 5.02 Å². The summed E-state index contributed by atoms with van der Waals surface area (Å²) in [4.78, 5) is 11.3. The lowest BCUT2D eigenvalue weighted by atomic mass is 10.3. The van der Waals surface area contributed by atoms with E-state index in [9.17, 15) is 4.79 Å². The highest BCUT2D eigenvalue weighted by Gasteiger charge is 2.06. The van der Waals surface area contributed by atoms with Crippen LogP contribution in [-0.2, 0) is 6.54 Å². The smallest absolute Gasteiger partial charge is 0.285 e. The average Bonchev–Trinajstić information content (AvgIpc) is 2.99. The van der Waals surface area contributed by atoms with Crippen LogP contribution in [0.3, 0.4) is 0 Å². The summed E-state index contributed by atoms with van der Waals surface area (Å²) in [7, 11) is 0. The summed E-state index contributed by atoms with van der Waals surface area (Å²) in [5.41, 5.74) is 1.88. The van der Waals surface area contributed by atoms with Gasteiger partial charge in [0, 0.05) is 6.20 Å². The molecule has 1 aromatic carbocycles. The number of aromatic amines is 1. The standard InChI is InChI=1S/C14H12ClN5O/c15-13-12(9-17-18-14(13)21)16-8-10-6-7-20(19-10)11-4-2-1-3-5-11/h1-7,9H,8H2,(H2,16,18,21). The predicted molar refractivity (Wildman–Crippen MR) is 80.8 cm³/mol. The van der Waals surface area contributed by atoms with Crippen molar-refractivity contribution in [2.45, 2.75) is 6.54 Å². The first-order chi connectivity index (χ1) is 10.2. The van der Waals surface area contributed by atoms with E-state index in [-0.39, 0.29) is 5.02 Å². The lowest BCUT2D eigenvalue weighted by Gasteiger charge is -2.05. The number of rotatable bonds is 4. The van der Waals surface area contributed by atoms with Gasteiger partial charge in [0.05, 0.1) is 29.8 Å². The van der Waals surface area contributed by atoms with Crippen LogP contribution in [0.4, 0.5) is 5.69 Å². The lowest BCUT2D eigenvalue weighted by molar-refractivity contribution is 0.843. The lowest BCUT2D eigenvalue weighted by Crippen LogP contribution is -2.12. The van der Waals surface area contributed by atoms with Crippen LogP contribution >= 0.6 is 11.6 Å². The largest absolute Gasteiger partial charge is 0.377 e. The molecule has 0 radical (unpaired) electrons. The summed E-state index contributed by atoms with van der Waals surface area (Å²) < 4.78 is 1.79. The molecule has 0 aliphatic carbocycles. The van der Waals surface area contributed by atoms with Crippen molar-refractivity contribution in [1.29, 1.82) is 0 Å². The zero-order valence-corrected chi connectivity index (χ0v) is 11.7. The number of hydrogen-bond donors (Lipinski definition) is 2. The van der Waals surface area contributed by atoms with Crippen molar-refractivity contribution in [3.8, 4) is 5.69 Å². The van der Waals surface area contributed by atoms with Gasteiger partial charge in [0.25, 0.3) is 5.56 Å². The third-order valence-corrected chi connectivity index (χ3v) is 3.30. The Kier molecular flexibility index (Phi) is 3.70. The molecule has 0 bridgehead atoms. The van der Waals surface area contributed by atoms with Crippen molar-refractivity contribution in [1.82, 2.24) is 20.0 Å². The molecule has 0 aliphatic heterocycles. The number of para-hydroxylation sites is 1. The molecule has 0 spiro atoms. The summed E-state index contributed by atoms with van der Waals surface area (Å²) in [6.07, 6.45) is 3.35. The minimum absolute atomic E-state index is 0.0903. The zero-order valence-electron chi connectivity index (χ0n) is 11.0. The Balaban J connectivity index is 1.74. The maximum absolute atomic E-state index is 11.3. The van der Waals surface area contributed by atoms with E-state index < -0.39 is 5.56 Å². The Labute approximate surface area is 125 Å². The van der Waals surface area contributed by atoms with E-state index in [4.69, 9.17) is 11.6 Å². The molecule has 0 fully saturated rings. The second-order valence-electron chi connectivity index (χ2n) is 4.37. The number of anilines is 1. The van der Waals surface area contributed by atoms with E-state index in [1.54, 1.807) is 4.68 Å². The van der Waals surface area contributed by atoms with Gasteiger partial charge in [-0.15, -0.1) is 0 Å². The fourth-order valence-corrected chi connectivity index (χ4v) is 2.03. The van der Waals surface area contributed by atoms with Gasteiger partial charge in [0.15, 0.2) is 0 Å². The molecular weight excluding hydrogens is 290 g/mol. The molecule has 106 valence electrons. The van der Waals surface area contributed by atoms with E-state index in [1.165, 1.54) is 6.20 Å². The number of halogens is 1. The third-order valence-electron chi connectivity index (χ3n) is 2.92. The maximum atomic E-state index is 11.3. The van der Waals surface area contributed by atoms with Gasteiger partial charge in [-0.3, -0.25) is 4.79 Å². The highest BCUT2D eigenvalue weighted by atomic mass is 35.5. The van der Waals surface area contributed by atoms with Crippen molar-refractivity contribution >= 4 is 17.3 Å². The Morgan fingerprint density at radius 1 is 1.24 bits per heavy atom. The van der Waals surface area contributed by atoms with E-state index in [0.29, 0.717) is 12.2 Å². The molecule has 2 aromatic heterocycles. The average molecular weight is 302 g/mol. The van der Waals surface area contributed by atoms with Gasteiger partial charge in [0.1, 0.15) is 5.02 Å². The molecule has 0 saturated heterocycles. The first kappa shape index (κ1) is 13.4. The summed E-state index contributed by atoms with van der Waals surface area (Å²) in [6, 6.07) is 11.7. The maximum Gasteiger partial charge on any atom is 0.285 e. The fourth-order valence-electron chi connectivity index (χ4n) is 1.87. The molecule has 2 heterocycles. The van der Waals surface area contributed by atoms with E-state index in [0.717, 1.165) is 11.4 Å². The SMILES string of the molecule is O=c1[nH]ncc(NCc2ccn(-c3ccccc3)n2)c1Cl. The van der Waals surface area contributed by atoms with Gasteiger partial charge in [-0.05, 0) is 18.2 Å². The molecule has 0 aliphatic rings. The number of aromatic nitrogens is 4. The molecule has 21 heavy (non-hydrogen) atoms. The summed E-state index contributed by atoms with van der Waals surface area (Å²) in [5.74, 6) is 0. The minimum atomic E-state index is -0.420. The number of benzene rings is 1. The van der Waals surface area contributed by atoms with E-state index in [2.05, 4.69) is 20.6 Å². The van der Waals surface area contributed by atoms with Gasteiger partial charge in [-0.25, -0.2) is 9.78 Å². The van der Waals surface area contributed by atoms with Crippen molar-refractivity contribution in [3.63, 3.8) is 0 Å².